The molecule has 7 heterocycles. The number of aromatic nitrogens is 1. The van der Waals surface area contributed by atoms with Gasteiger partial charge in [0.25, 0.3) is 0 Å². The van der Waals surface area contributed by atoms with E-state index in [1.54, 1.807) is 19.1 Å². The lowest BCUT2D eigenvalue weighted by atomic mass is 9.85. The summed E-state index contributed by atoms with van der Waals surface area (Å²) in [4.78, 5) is 37.2. The highest BCUT2D eigenvalue weighted by atomic mass is 35.5. The highest BCUT2D eigenvalue weighted by Gasteiger charge is 2.44. The number of alkyl halides is 1. The van der Waals surface area contributed by atoms with E-state index in [0.717, 1.165) is 62.6 Å². The molecule has 0 spiro atoms. The monoisotopic (exact) mass is 1300 g/mol. The van der Waals surface area contributed by atoms with E-state index >= 15 is 0 Å². The number of nitrogen functional groups attached to an aromatic ring is 2. The van der Waals surface area contributed by atoms with Crippen LogP contribution < -0.4 is 41.3 Å². The number of allylic oxidation sites excluding steroid dienone is 2. The number of nitrogens with zero attached hydrogens (tertiary/aromatic N) is 4. The molecule has 0 aliphatic carbocycles. The summed E-state index contributed by atoms with van der Waals surface area (Å²) in [6.45, 7) is 4.05. The van der Waals surface area contributed by atoms with Gasteiger partial charge in [0.1, 0.15) is 0 Å². The number of fused-ring (bicyclic) bond motifs is 3. The van der Waals surface area contributed by atoms with Gasteiger partial charge in [-0.25, -0.2) is 38.6 Å². The lowest BCUT2D eigenvalue weighted by molar-refractivity contribution is -0.138. The van der Waals surface area contributed by atoms with Crippen LogP contribution in [0, 0.1) is 0 Å². The number of pyridine rings is 1. The van der Waals surface area contributed by atoms with Gasteiger partial charge in [0.2, 0.25) is 0 Å². The summed E-state index contributed by atoms with van der Waals surface area (Å²) in [6.07, 6.45) is 0.927. The van der Waals surface area contributed by atoms with Gasteiger partial charge in [-0.2, -0.15) is 11.0 Å². The first kappa shape index (κ1) is 65.0. The van der Waals surface area contributed by atoms with E-state index in [1.807, 2.05) is 152 Å². The summed E-state index contributed by atoms with van der Waals surface area (Å²) in [5, 5.41) is 9.71. The van der Waals surface area contributed by atoms with Crippen molar-refractivity contribution < 1.29 is 19.6 Å². The Hall–Kier alpha value is -9.12. The molecule has 474 valence electrons. The number of carbonyl (C=O) groups excluding carboxylic acids is 1. The molecule has 11 N–H and O–H groups in total. The second-order valence-electron chi connectivity index (χ2n) is 22.3. The second kappa shape index (κ2) is 31.2. The predicted octanol–water partition coefficient (Wildman–Crippen LogP) is 12.7. The number of nitrogens with two attached hydrogens (primary N) is 2. The van der Waals surface area contributed by atoms with Crippen LogP contribution in [0.15, 0.2) is 275 Å². The zero-order valence-electron chi connectivity index (χ0n) is 51.7. The van der Waals surface area contributed by atoms with Crippen LogP contribution in [-0.4, -0.2) is 81.9 Å². The average molecular weight is 1300 g/mol. The summed E-state index contributed by atoms with van der Waals surface area (Å²) in [5.41, 5.74) is 38.0. The molecule has 9 aromatic rings. The normalized spacial score (nSPS) is 20.1. The minimum Gasteiger partial charge on any atom is -0.461 e. The number of carbonyl (C=O) groups is 1. The van der Waals surface area contributed by atoms with Gasteiger partial charge in [0.05, 0.1) is 101 Å². The van der Waals surface area contributed by atoms with Gasteiger partial charge < -0.3 is 21.3 Å². The van der Waals surface area contributed by atoms with E-state index in [2.05, 4.69) is 133 Å². The Labute approximate surface area is 561 Å². The number of benzene rings is 8. The number of hydrogen-bond donors (Lipinski definition) is 9. The van der Waals surface area contributed by atoms with Crippen LogP contribution in [-0.2, 0) is 21.1 Å². The van der Waals surface area contributed by atoms with Crippen LogP contribution in [0.3, 0.4) is 0 Å². The number of hydroxylamine groups is 2. The van der Waals surface area contributed by atoms with Gasteiger partial charge in [-0.3, -0.25) is 9.98 Å². The SMILES string of the molecule is CCC1=C(c2ccccc2)C2NSNC2C(c2ccccc2)=N1.CCOC(=O)C1=C(c2ccccc2)C2NONC2C(c2ccccc2)=N1.ClCC1=C(c2ccccc2)C2NSNC2C(c2ccccc2)=N1.Nc1c(-c2ccccc2)nc(CO)c(-c2ccccc2)c1N. The molecule has 19 heteroatoms. The van der Waals surface area contributed by atoms with Crippen molar-refractivity contribution in [3.8, 4) is 22.4 Å². The number of anilines is 2. The largest absolute Gasteiger partial charge is 0.461 e. The molecular formula is C75H71ClN12O4S2. The molecule has 6 aliphatic rings. The lowest BCUT2D eigenvalue weighted by Crippen LogP contribution is -2.45. The summed E-state index contributed by atoms with van der Waals surface area (Å²) in [5.74, 6) is -0.0391. The number of nitrogens with one attached hydrogen (secondary N) is 6. The zero-order chi connectivity index (χ0) is 64.8. The van der Waals surface area contributed by atoms with Crippen molar-refractivity contribution in [2.24, 2.45) is 15.0 Å². The fourth-order valence-electron chi connectivity index (χ4n) is 12.2. The molecule has 1 aromatic heterocycles. The number of esters is 1. The maximum absolute atomic E-state index is 12.7. The number of hydrogen-bond acceptors (Lipinski definition) is 18. The maximum atomic E-state index is 12.7. The molecule has 6 aliphatic heterocycles. The molecule has 0 bridgehead atoms. The van der Waals surface area contributed by atoms with Crippen molar-refractivity contribution in [2.45, 2.75) is 63.1 Å². The van der Waals surface area contributed by atoms with Crippen molar-refractivity contribution in [1.29, 1.82) is 0 Å². The molecular weight excluding hydrogens is 1230 g/mol. The van der Waals surface area contributed by atoms with E-state index in [0.29, 0.717) is 39.9 Å². The number of aliphatic hydroxyl groups excluding tert-OH is 1. The van der Waals surface area contributed by atoms with Gasteiger partial charge in [-0.1, -0.05) is 250 Å². The quantitative estimate of drug-likeness (QED) is 0.0297. The fraction of sp³-hybridized carbons (Fsp3) is 0.160. The average Bonchev–Trinajstić information content (AvgIpc) is 1.49. The van der Waals surface area contributed by atoms with E-state index in [1.165, 1.54) is 45.7 Å². The molecule has 0 amide bonds. The molecule has 6 unspecified atom stereocenters. The number of rotatable bonds is 13. The highest BCUT2D eigenvalue weighted by Crippen LogP contribution is 2.41. The van der Waals surface area contributed by atoms with E-state index < -0.39 is 5.97 Å². The number of halogens is 1. The van der Waals surface area contributed by atoms with Gasteiger partial charge >= 0.3 is 5.97 Å². The smallest absolute Gasteiger partial charge is 0.357 e. The molecule has 0 radical (unpaired) electrons. The Bertz CT molecular complexity index is 4140. The third-order valence-electron chi connectivity index (χ3n) is 16.6. The van der Waals surface area contributed by atoms with Crippen molar-refractivity contribution in [2.75, 3.05) is 24.0 Å². The van der Waals surface area contributed by atoms with Crippen molar-refractivity contribution in [3.05, 3.63) is 299 Å². The number of aliphatic imine (C=N–C) groups is 3. The zero-order valence-corrected chi connectivity index (χ0v) is 54.1. The molecule has 0 saturated carbocycles. The Kier molecular flexibility index (Phi) is 21.6. The summed E-state index contributed by atoms with van der Waals surface area (Å²) < 4.78 is 19.2. The highest BCUT2D eigenvalue weighted by molar-refractivity contribution is 7.96. The summed E-state index contributed by atoms with van der Waals surface area (Å²) in [7, 11) is 0. The molecule has 6 atom stereocenters. The molecule has 15 rings (SSSR count). The topological polar surface area (TPSA) is 230 Å². The van der Waals surface area contributed by atoms with Crippen LogP contribution in [0.4, 0.5) is 11.4 Å². The van der Waals surface area contributed by atoms with Gasteiger partial charge in [-0.15, -0.1) is 11.6 Å². The van der Waals surface area contributed by atoms with Crippen LogP contribution in [0.1, 0.15) is 59.3 Å². The van der Waals surface area contributed by atoms with Crippen LogP contribution in [0.2, 0.25) is 0 Å². The third kappa shape index (κ3) is 14.2. The Morgan fingerprint density at radius 3 is 1.27 bits per heavy atom. The van der Waals surface area contributed by atoms with Gasteiger partial charge in [0.15, 0.2) is 5.70 Å². The Morgan fingerprint density at radius 1 is 0.468 bits per heavy atom. The standard InChI is InChI=1S/C20H19N3O3.C19H19N3S.C18H16ClN3S.C18H17N3O/c1-2-25-20(24)18-15(13-9-5-3-6-10-13)17-19(23-26-22-17)16(21-18)14-11-7-4-8-12-14;1-2-15-16(13-9-5-3-6-10-13)18-19(22-23-21-18)17(20-15)14-11-7-4-8-12-14;19-11-14-15(12-7-3-1-4-8-12)17-18(22-23-21-17)16(20-14)13-9-5-2-6-10-13;19-16-15(12-7-3-1-4-8-12)14(11-22)21-18(17(16)20)13-9-5-2-6-10-13/h3-12,17,19,22-23H,2H2,1H3;3-12,18-19,21-22H,2H2,1H3;1-10,17-18,21-22H,11H2;1-10,22H,11,20H2,(H2,19,21). The van der Waals surface area contributed by atoms with Crippen LogP contribution in [0.5, 0.6) is 0 Å². The first-order valence-corrected chi connectivity index (χ1v) is 33.3. The second-order valence-corrected chi connectivity index (χ2v) is 23.9. The first-order chi connectivity index (χ1) is 46.3. The molecule has 3 fully saturated rings. The van der Waals surface area contributed by atoms with Gasteiger partial charge in [0, 0.05) is 57.8 Å². The molecule has 94 heavy (non-hydrogen) atoms. The van der Waals surface area contributed by atoms with E-state index in [-0.39, 0.29) is 49.5 Å². The van der Waals surface area contributed by atoms with Crippen molar-refractivity contribution in [1.82, 2.24) is 34.8 Å². The minimum atomic E-state index is -0.438. The molecule has 3 saturated heterocycles. The van der Waals surface area contributed by atoms with Crippen LogP contribution in [0.25, 0.3) is 39.1 Å². The Balaban J connectivity index is 0.000000121. The molecule has 8 aromatic carbocycles. The summed E-state index contributed by atoms with van der Waals surface area (Å²) >= 11 is 9.35. The van der Waals surface area contributed by atoms with Crippen molar-refractivity contribution >= 4 is 87.1 Å². The van der Waals surface area contributed by atoms with Crippen LogP contribution >= 0.6 is 35.9 Å². The fourth-order valence-corrected chi connectivity index (χ4v) is 14.0. The van der Waals surface area contributed by atoms with E-state index in [4.69, 9.17) is 47.7 Å². The van der Waals surface area contributed by atoms with E-state index in [9.17, 15) is 9.90 Å². The minimum absolute atomic E-state index is 0.129. The van der Waals surface area contributed by atoms with Crippen molar-refractivity contribution in [3.63, 3.8) is 0 Å². The number of aliphatic hydroxyl groups is 1. The maximum Gasteiger partial charge on any atom is 0.357 e. The lowest BCUT2D eigenvalue weighted by Gasteiger charge is -2.29. The van der Waals surface area contributed by atoms with Gasteiger partial charge in [-0.05, 0) is 52.3 Å². The number of ether oxygens (including phenoxy) is 1. The first-order valence-electron chi connectivity index (χ1n) is 31.1. The third-order valence-corrected chi connectivity index (χ3v) is 18.3. The Morgan fingerprint density at radius 2 is 0.840 bits per heavy atom. The summed E-state index contributed by atoms with van der Waals surface area (Å²) in [6, 6.07) is 80.6. The predicted molar refractivity (Wildman–Crippen MR) is 384 cm³/mol. The molecule has 16 nitrogen and oxygen atoms in total.